The van der Waals surface area contributed by atoms with Crippen molar-refractivity contribution in [3.63, 3.8) is 0 Å². The average molecular weight is 607 g/mol. The molecule has 0 bridgehead atoms. The number of nitrogens with zero attached hydrogens (tertiary/aromatic N) is 6. The number of aromatic nitrogens is 1. The monoisotopic (exact) mass is 606 g/mol. The number of thiazole rings is 1. The van der Waals surface area contributed by atoms with Crippen molar-refractivity contribution < 1.29 is 0 Å². The summed E-state index contributed by atoms with van der Waals surface area (Å²) in [5.41, 5.74) is 5.62. The maximum Gasteiger partial charge on any atom is 0.138 e. The van der Waals surface area contributed by atoms with E-state index >= 15 is 0 Å². The zero-order valence-electron chi connectivity index (χ0n) is 24.3. The minimum Gasteiger partial charge on any atom is -0.311 e. The first kappa shape index (κ1) is 29.3. The third kappa shape index (κ3) is 5.74. The third-order valence-corrected chi connectivity index (χ3v) is 8.44. The lowest BCUT2D eigenvalue weighted by atomic mass is 9.86. The second-order valence-corrected chi connectivity index (χ2v) is 11.1. The van der Waals surface area contributed by atoms with Gasteiger partial charge in [-0.1, -0.05) is 84.9 Å². The Labute approximate surface area is 270 Å². The van der Waals surface area contributed by atoms with Crippen LogP contribution in [0.25, 0.3) is 31.9 Å². The van der Waals surface area contributed by atoms with Gasteiger partial charge in [-0.15, -0.1) is 11.3 Å². The molecule has 0 saturated heterocycles. The number of para-hydroxylation sites is 3. The van der Waals surface area contributed by atoms with Gasteiger partial charge in [-0.3, -0.25) is 0 Å². The summed E-state index contributed by atoms with van der Waals surface area (Å²) < 4.78 is 1.07. The fraction of sp³-hybridized carbons (Fsp3) is 0. The molecule has 0 amide bonds. The van der Waals surface area contributed by atoms with Gasteiger partial charge in [-0.05, 0) is 59.7 Å². The Morgan fingerprint density at radius 3 is 1.41 bits per heavy atom. The van der Waals surface area contributed by atoms with Gasteiger partial charge < -0.3 is 4.90 Å². The second kappa shape index (κ2) is 13.3. The molecule has 5 aromatic carbocycles. The smallest absolute Gasteiger partial charge is 0.138 e. The molecule has 0 fully saturated rings. The lowest BCUT2D eigenvalue weighted by Gasteiger charge is -2.25. The van der Waals surface area contributed by atoms with Gasteiger partial charge in [0.1, 0.15) is 40.4 Å². The van der Waals surface area contributed by atoms with E-state index < -0.39 is 0 Å². The number of fused-ring (bicyclic) bond motifs is 1. The number of nitriles is 4. The van der Waals surface area contributed by atoms with Crippen LogP contribution in [0.1, 0.15) is 11.1 Å². The van der Waals surface area contributed by atoms with Crippen molar-refractivity contribution in [3.05, 3.63) is 156 Å². The van der Waals surface area contributed by atoms with E-state index in [9.17, 15) is 21.0 Å². The van der Waals surface area contributed by atoms with E-state index in [0.29, 0.717) is 11.1 Å². The van der Waals surface area contributed by atoms with Crippen molar-refractivity contribution >= 4 is 49.8 Å². The zero-order chi connectivity index (χ0) is 31.9. The summed E-state index contributed by atoms with van der Waals surface area (Å²) >= 11 is 1.57. The van der Waals surface area contributed by atoms with E-state index in [-0.39, 0.29) is 22.3 Å². The SMILES string of the molecule is N#CC(C#N)=C(C(=C(C#N)C#N)c1ccc(N(c2ccccc2)c2ccccc2)cc1)c1ccc(-c2nc3ccccc3s2)cc1. The molecule has 1 aromatic heterocycles. The van der Waals surface area contributed by atoms with E-state index in [2.05, 4.69) is 4.90 Å². The van der Waals surface area contributed by atoms with Gasteiger partial charge in [0, 0.05) is 33.8 Å². The van der Waals surface area contributed by atoms with Crippen molar-refractivity contribution in [2.75, 3.05) is 4.90 Å². The van der Waals surface area contributed by atoms with Crippen LogP contribution in [-0.2, 0) is 0 Å². The minimum absolute atomic E-state index is 0.204. The largest absolute Gasteiger partial charge is 0.311 e. The molecule has 46 heavy (non-hydrogen) atoms. The van der Waals surface area contributed by atoms with E-state index in [0.717, 1.165) is 37.8 Å². The molecule has 0 radical (unpaired) electrons. The number of anilines is 3. The van der Waals surface area contributed by atoms with Crippen molar-refractivity contribution in [1.29, 1.82) is 21.0 Å². The Kier molecular flexibility index (Phi) is 8.44. The second-order valence-electron chi connectivity index (χ2n) is 10.1. The molecule has 214 valence electrons. The van der Waals surface area contributed by atoms with E-state index in [1.54, 1.807) is 35.6 Å². The summed E-state index contributed by atoms with van der Waals surface area (Å²) in [5.74, 6) is 0. The number of hydrogen-bond acceptors (Lipinski definition) is 7. The number of hydrogen-bond donors (Lipinski definition) is 0. The third-order valence-electron chi connectivity index (χ3n) is 7.35. The minimum atomic E-state index is -0.205. The Hall–Kier alpha value is -6.77. The summed E-state index contributed by atoms with van der Waals surface area (Å²) in [6.07, 6.45) is 0. The van der Waals surface area contributed by atoms with Crippen LogP contribution >= 0.6 is 11.3 Å². The van der Waals surface area contributed by atoms with Gasteiger partial charge in [0.15, 0.2) is 0 Å². The van der Waals surface area contributed by atoms with Crippen molar-refractivity contribution in [2.45, 2.75) is 0 Å². The molecule has 0 unspecified atom stereocenters. The van der Waals surface area contributed by atoms with Gasteiger partial charge in [-0.2, -0.15) is 21.0 Å². The Morgan fingerprint density at radius 1 is 0.500 bits per heavy atom. The van der Waals surface area contributed by atoms with E-state index in [1.165, 1.54) is 0 Å². The standard InChI is InChI=1S/C39H22N6S/c40-23-30(24-41)37(27-15-17-29(18-16-27)39-44-35-13-7-8-14-36(35)46-39)38(31(25-42)26-43)28-19-21-34(22-20-28)45(32-9-3-1-4-10-32)33-11-5-2-6-12-33/h1-22H. The molecular formula is C39H22N6S. The molecule has 0 aliphatic carbocycles. The summed E-state index contributed by atoms with van der Waals surface area (Å²) in [7, 11) is 0. The number of rotatable bonds is 7. The Morgan fingerprint density at radius 2 is 0.935 bits per heavy atom. The summed E-state index contributed by atoms with van der Waals surface area (Å²) in [6.45, 7) is 0. The van der Waals surface area contributed by atoms with Crippen molar-refractivity contribution in [3.8, 4) is 34.8 Å². The van der Waals surface area contributed by atoms with Crippen LogP contribution in [0, 0.1) is 45.3 Å². The predicted octanol–water partition coefficient (Wildman–Crippen LogP) is 9.73. The first-order valence-corrected chi connectivity index (χ1v) is 15.0. The molecule has 0 aliphatic rings. The van der Waals surface area contributed by atoms with Gasteiger partial charge >= 0.3 is 0 Å². The molecule has 7 heteroatoms. The van der Waals surface area contributed by atoms with Gasteiger partial charge in [0.05, 0.1) is 10.2 Å². The van der Waals surface area contributed by atoms with Crippen LogP contribution in [0.15, 0.2) is 145 Å². The molecule has 1 heterocycles. The Balaban J connectivity index is 1.46. The summed E-state index contributed by atoms with van der Waals surface area (Å²) in [5, 5.41) is 41.0. The molecule has 0 atom stereocenters. The highest BCUT2D eigenvalue weighted by Crippen LogP contribution is 2.40. The molecule has 6 rings (SSSR count). The molecule has 6 nitrogen and oxygen atoms in total. The molecule has 0 aliphatic heterocycles. The first-order chi connectivity index (χ1) is 22.6. The quantitative estimate of drug-likeness (QED) is 0.132. The number of benzene rings is 5. The topological polar surface area (TPSA) is 111 Å². The highest BCUT2D eigenvalue weighted by Gasteiger charge is 2.22. The van der Waals surface area contributed by atoms with Crippen LogP contribution in [-0.4, -0.2) is 4.98 Å². The fourth-order valence-corrected chi connectivity index (χ4v) is 6.23. The average Bonchev–Trinajstić information content (AvgIpc) is 3.56. The zero-order valence-corrected chi connectivity index (χ0v) is 25.1. The van der Waals surface area contributed by atoms with E-state index in [4.69, 9.17) is 4.98 Å². The fourth-order valence-electron chi connectivity index (χ4n) is 5.25. The van der Waals surface area contributed by atoms with Crippen molar-refractivity contribution in [2.24, 2.45) is 0 Å². The van der Waals surface area contributed by atoms with Crippen LogP contribution in [0.2, 0.25) is 0 Å². The van der Waals surface area contributed by atoms with Gasteiger partial charge in [0.25, 0.3) is 0 Å². The maximum atomic E-state index is 10.0. The molecule has 0 spiro atoms. The first-order valence-electron chi connectivity index (χ1n) is 14.2. The summed E-state index contributed by atoms with van der Waals surface area (Å²) in [4.78, 5) is 6.82. The summed E-state index contributed by atoms with van der Waals surface area (Å²) in [6, 6.07) is 50.4. The van der Waals surface area contributed by atoms with Crippen LogP contribution in [0.4, 0.5) is 17.1 Å². The molecule has 0 saturated carbocycles. The van der Waals surface area contributed by atoms with Gasteiger partial charge in [-0.25, -0.2) is 4.98 Å². The van der Waals surface area contributed by atoms with E-state index in [1.807, 2.05) is 133 Å². The lowest BCUT2D eigenvalue weighted by Crippen LogP contribution is -2.09. The van der Waals surface area contributed by atoms with Gasteiger partial charge in [0.2, 0.25) is 0 Å². The maximum absolute atomic E-state index is 10.0. The van der Waals surface area contributed by atoms with Crippen LogP contribution < -0.4 is 4.90 Å². The predicted molar refractivity (Wildman–Crippen MR) is 182 cm³/mol. The molecule has 6 aromatic rings. The van der Waals surface area contributed by atoms with Crippen molar-refractivity contribution in [1.82, 2.24) is 4.98 Å². The normalized spacial score (nSPS) is 10.1. The molecule has 0 N–H and O–H groups in total. The highest BCUT2D eigenvalue weighted by molar-refractivity contribution is 7.21. The highest BCUT2D eigenvalue weighted by atomic mass is 32.1. The lowest BCUT2D eigenvalue weighted by molar-refractivity contribution is 1.28. The number of allylic oxidation sites excluding steroid dienone is 4. The van der Waals surface area contributed by atoms with Crippen LogP contribution in [0.3, 0.4) is 0 Å². The Bertz CT molecular complexity index is 2170. The molecular weight excluding hydrogens is 585 g/mol. The van der Waals surface area contributed by atoms with Crippen LogP contribution in [0.5, 0.6) is 0 Å².